The van der Waals surface area contributed by atoms with Gasteiger partial charge in [-0.3, -0.25) is 0 Å². The van der Waals surface area contributed by atoms with Crippen LogP contribution in [0.2, 0.25) is 0 Å². The molecule has 23 heavy (non-hydrogen) atoms. The predicted octanol–water partition coefficient (Wildman–Crippen LogP) is 3.32. The van der Waals surface area contributed by atoms with Gasteiger partial charge in [-0.05, 0) is 18.2 Å². The van der Waals surface area contributed by atoms with Gasteiger partial charge >= 0.3 is 0 Å². The maximum absolute atomic E-state index is 11.5. The van der Waals surface area contributed by atoms with Crippen LogP contribution in [0.4, 0.5) is 0 Å². The molecule has 5 nitrogen and oxygen atoms in total. The van der Waals surface area contributed by atoms with E-state index in [1.807, 2.05) is 30.3 Å². The zero-order chi connectivity index (χ0) is 16.3. The number of ether oxygens (including phenoxy) is 1. The Kier molecular flexibility index (Phi) is 4.16. The van der Waals surface area contributed by atoms with Crippen molar-refractivity contribution in [2.45, 2.75) is 11.5 Å². The molecule has 3 rings (SSSR count). The molecule has 118 valence electrons. The fraction of sp³-hybridized carbons (Fsp3) is 0.118. The number of aromatic nitrogens is 1. The SMILES string of the molecule is CS(=O)(=O)c1cccc(OCc2cc(-c3ccccc3)on2)c1. The summed E-state index contributed by atoms with van der Waals surface area (Å²) < 4.78 is 34.0. The van der Waals surface area contributed by atoms with Crippen LogP contribution in [-0.2, 0) is 16.4 Å². The quantitative estimate of drug-likeness (QED) is 0.718. The minimum atomic E-state index is -3.25. The standard InChI is InChI=1S/C17H15NO4S/c1-23(19,20)16-9-5-8-15(11-16)21-12-14-10-17(22-18-14)13-6-3-2-4-7-13/h2-11H,12H2,1H3. The Morgan fingerprint density at radius 3 is 2.57 bits per heavy atom. The van der Waals surface area contributed by atoms with E-state index >= 15 is 0 Å². The molecule has 0 atom stereocenters. The Bertz CT molecular complexity index is 901. The summed E-state index contributed by atoms with van der Waals surface area (Å²) in [5.74, 6) is 1.13. The van der Waals surface area contributed by atoms with Gasteiger partial charge in [0.2, 0.25) is 0 Å². The number of sulfone groups is 1. The van der Waals surface area contributed by atoms with Gasteiger partial charge in [0.05, 0.1) is 4.90 Å². The van der Waals surface area contributed by atoms with Crippen molar-refractivity contribution < 1.29 is 17.7 Å². The minimum Gasteiger partial charge on any atom is -0.487 e. The molecule has 0 unspecified atom stereocenters. The van der Waals surface area contributed by atoms with Crippen molar-refractivity contribution in [3.05, 3.63) is 66.4 Å². The van der Waals surface area contributed by atoms with E-state index in [1.165, 1.54) is 12.1 Å². The molecule has 0 fully saturated rings. The van der Waals surface area contributed by atoms with Crippen LogP contribution in [0.1, 0.15) is 5.69 Å². The van der Waals surface area contributed by atoms with Gasteiger partial charge in [-0.15, -0.1) is 0 Å². The molecular formula is C17H15NO4S. The Morgan fingerprint density at radius 1 is 1.04 bits per heavy atom. The lowest BCUT2D eigenvalue weighted by Gasteiger charge is -2.05. The lowest BCUT2D eigenvalue weighted by Crippen LogP contribution is -1.99. The first-order chi connectivity index (χ1) is 11.0. The van der Waals surface area contributed by atoms with Gasteiger partial charge in [-0.1, -0.05) is 41.6 Å². The van der Waals surface area contributed by atoms with Gasteiger partial charge in [0.1, 0.15) is 18.1 Å². The lowest BCUT2D eigenvalue weighted by molar-refractivity contribution is 0.289. The van der Waals surface area contributed by atoms with Crippen molar-refractivity contribution in [2.24, 2.45) is 0 Å². The predicted molar refractivity (Wildman–Crippen MR) is 85.8 cm³/mol. The van der Waals surface area contributed by atoms with E-state index in [1.54, 1.807) is 18.2 Å². The molecule has 6 heteroatoms. The summed E-state index contributed by atoms with van der Waals surface area (Å²) in [6, 6.07) is 17.8. The summed E-state index contributed by atoms with van der Waals surface area (Å²) in [4.78, 5) is 0.222. The van der Waals surface area contributed by atoms with Crippen LogP contribution >= 0.6 is 0 Å². The van der Waals surface area contributed by atoms with E-state index < -0.39 is 9.84 Å². The summed E-state index contributed by atoms with van der Waals surface area (Å²) >= 11 is 0. The van der Waals surface area contributed by atoms with Gasteiger partial charge in [0, 0.05) is 17.9 Å². The van der Waals surface area contributed by atoms with E-state index in [0.717, 1.165) is 11.8 Å². The van der Waals surface area contributed by atoms with E-state index in [4.69, 9.17) is 9.26 Å². The third-order valence-corrected chi connectivity index (χ3v) is 4.35. The summed E-state index contributed by atoms with van der Waals surface area (Å²) in [5.41, 5.74) is 1.57. The molecule has 0 saturated heterocycles. The molecule has 0 saturated carbocycles. The van der Waals surface area contributed by atoms with Crippen molar-refractivity contribution in [3.63, 3.8) is 0 Å². The van der Waals surface area contributed by atoms with Gasteiger partial charge in [0.25, 0.3) is 0 Å². The molecule has 2 aromatic carbocycles. The highest BCUT2D eigenvalue weighted by molar-refractivity contribution is 7.90. The fourth-order valence-electron chi connectivity index (χ4n) is 2.07. The van der Waals surface area contributed by atoms with Crippen LogP contribution in [0.15, 0.2) is 70.1 Å². The summed E-state index contributed by atoms with van der Waals surface area (Å²) in [6.07, 6.45) is 1.16. The molecule has 0 N–H and O–H groups in total. The Labute approximate surface area is 134 Å². The summed E-state index contributed by atoms with van der Waals surface area (Å²) in [6.45, 7) is 0.198. The second-order valence-corrected chi connectivity index (χ2v) is 7.10. The normalized spacial score (nSPS) is 11.3. The molecule has 0 aliphatic carbocycles. The molecule has 0 amide bonds. The van der Waals surface area contributed by atoms with Crippen molar-refractivity contribution in [2.75, 3.05) is 6.26 Å². The molecule has 0 aliphatic heterocycles. The van der Waals surface area contributed by atoms with Crippen LogP contribution in [0.5, 0.6) is 5.75 Å². The van der Waals surface area contributed by atoms with Gasteiger partial charge < -0.3 is 9.26 Å². The van der Waals surface area contributed by atoms with Gasteiger partial charge in [0.15, 0.2) is 15.6 Å². The van der Waals surface area contributed by atoms with E-state index in [2.05, 4.69) is 5.16 Å². The zero-order valence-corrected chi connectivity index (χ0v) is 13.3. The molecule has 1 heterocycles. The minimum absolute atomic E-state index is 0.198. The first-order valence-corrected chi connectivity index (χ1v) is 8.85. The molecule has 3 aromatic rings. The van der Waals surface area contributed by atoms with Gasteiger partial charge in [-0.25, -0.2) is 8.42 Å². The van der Waals surface area contributed by atoms with Crippen molar-refractivity contribution in [1.29, 1.82) is 0 Å². The highest BCUT2D eigenvalue weighted by Gasteiger charge is 2.10. The second-order valence-electron chi connectivity index (χ2n) is 5.08. The monoisotopic (exact) mass is 329 g/mol. The number of hydrogen-bond acceptors (Lipinski definition) is 5. The first-order valence-electron chi connectivity index (χ1n) is 6.96. The summed E-state index contributed by atoms with van der Waals surface area (Å²) in [5, 5.41) is 3.96. The molecule has 0 spiro atoms. The molecule has 1 aromatic heterocycles. The number of nitrogens with zero attached hydrogens (tertiary/aromatic N) is 1. The van der Waals surface area contributed by atoms with Crippen LogP contribution in [0.3, 0.4) is 0 Å². The van der Waals surface area contributed by atoms with Crippen LogP contribution in [-0.4, -0.2) is 19.8 Å². The largest absolute Gasteiger partial charge is 0.487 e. The number of hydrogen-bond donors (Lipinski definition) is 0. The second kappa shape index (κ2) is 6.26. The van der Waals surface area contributed by atoms with Crippen LogP contribution in [0.25, 0.3) is 11.3 Å². The zero-order valence-electron chi connectivity index (χ0n) is 12.5. The Balaban J connectivity index is 1.71. The highest BCUT2D eigenvalue weighted by atomic mass is 32.2. The van der Waals surface area contributed by atoms with Crippen molar-refractivity contribution in [3.8, 4) is 17.1 Å². The third kappa shape index (κ3) is 3.78. The summed E-state index contributed by atoms with van der Waals surface area (Å²) in [7, 11) is -3.25. The molecule has 0 bridgehead atoms. The maximum atomic E-state index is 11.5. The Hall–Kier alpha value is -2.60. The van der Waals surface area contributed by atoms with E-state index in [0.29, 0.717) is 17.2 Å². The highest BCUT2D eigenvalue weighted by Crippen LogP contribution is 2.22. The van der Waals surface area contributed by atoms with Gasteiger partial charge in [-0.2, -0.15) is 0 Å². The van der Waals surface area contributed by atoms with Crippen molar-refractivity contribution in [1.82, 2.24) is 5.16 Å². The maximum Gasteiger partial charge on any atom is 0.175 e. The number of benzene rings is 2. The fourth-order valence-corrected chi connectivity index (χ4v) is 2.73. The smallest absolute Gasteiger partial charge is 0.175 e. The van der Waals surface area contributed by atoms with Crippen LogP contribution < -0.4 is 4.74 Å². The van der Waals surface area contributed by atoms with E-state index in [9.17, 15) is 8.42 Å². The third-order valence-electron chi connectivity index (χ3n) is 3.24. The van der Waals surface area contributed by atoms with Crippen molar-refractivity contribution >= 4 is 9.84 Å². The Morgan fingerprint density at radius 2 is 1.83 bits per heavy atom. The average molecular weight is 329 g/mol. The first kappa shape index (κ1) is 15.3. The van der Waals surface area contributed by atoms with Crippen LogP contribution in [0, 0.1) is 0 Å². The molecule has 0 radical (unpaired) electrons. The molecule has 0 aliphatic rings. The molecular weight excluding hydrogens is 314 g/mol. The lowest BCUT2D eigenvalue weighted by atomic mass is 10.2. The average Bonchev–Trinajstić information content (AvgIpc) is 3.02. The van der Waals surface area contributed by atoms with E-state index in [-0.39, 0.29) is 11.5 Å². The topological polar surface area (TPSA) is 69.4 Å². The number of rotatable bonds is 5.